The number of hydrogen-bond donors (Lipinski definition) is 3. The monoisotopic (exact) mass is 444 g/mol. The molecular weight excluding hydrogens is 412 g/mol. The van der Waals surface area contributed by atoms with Gasteiger partial charge in [0.15, 0.2) is 12.6 Å². The van der Waals surface area contributed by atoms with Crippen LogP contribution in [0.3, 0.4) is 0 Å². The number of rotatable bonds is 11. The van der Waals surface area contributed by atoms with Gasteiger partial charge in [-0.25, -0.2) is 0 Å². The Morgan fingerprint density at radius 1 is 0.909 bits per heavy atom. The standard InChI is InChI=1S/C27H32N4O2/c1-2-29-27(30-18-17-21-13-15-24(16-14-21)33-20-26(28)32)31-19-25(22-9-5-3-6-10-22)23-11-7-4-8-12-23/h3-16,25H,2,17-20H2,1H3,(H2,28,32)(H2,29,30,31). The van der Waals surface area contributed by atoms with Gasteiger partial charge >= 0.3 is 0 Å². The molecule has 0 fully saturated rings. The molecule has 3 aromatic carbocycles. The largest absolute Gasteiger partial charge is 0.484 e. The summed E-state index contributed by atoms with van der Waals surface area (Å²) in [6.07, 6.45) is 0.835. The molecule has 0 aliphatic heterocycles. The first-order valence-corrected chi connectivity index (χ1v) is 11.3. The van der Waals surface area contributed by atoms with E-state index in [0.717, 1.165) is 31.0 Å². The average molecular weight is 445 g/mol. The molecular formula is C27H32N4O2. The van der Waals surface area contributed by atoms with E-state index in [2.05, 4.69) is 66.1 Å². The van der Waals surface area contributed by atoms with E-state index in [4.69, 9.17) is 15.5 Å². The number of benzene rings is 3. The van der Waals surface area contributed by atoms with Gasteiger partial charge in [0.1, 0.15) is 5.75 Å². The molecule has 6 heteroatoms. The summed E-state index contributed by atoms with van der Waals surface area (Å²) in [5, 5.41) is 6.77. The molecule has 0 aliphatic rings. The van der Waals surface area contributed by atoms with Crippen molar-refractivity contribution in [3.8, 4) is 5.75 Å². The van der Waals surface area contributed by atoms with Crippen molar-refractivity contribution in [1.29, 1.82) is 0 Å². The molecule has 0 atom stereocenters. The third kappa shape index (κ3) is 8.00. The van der Waals surface area contributed by atoms with E-state index in [-0.39, 0.29) is 12.5 Å². The van der Waals surface area contributed by atoms with Gasteiger partial charge in [-0.1, -0.05) is 72.8 Å². The first-order valence-electron chi connectivity index (χ1n) is 11.3. The van der Waals surface area contributed by atoms with Gasteiger partial charge in [-0.3, -0.25) is 9.79 Å². The van der Waals surface area contributed by atoms with Crippen LogP contribution in [0.2, 0.25) is 0 Å². The predicted octanol–water partition coefficient (Wildman–Crippen LogP) is 3.48. The molecule has 0 saturated carbocycles. The van der Waals surface area contributed by atoms with Crippen molar-refractivity contribution in [2.24, 2.45) is 10.7 Å². The molecule has 0 aromatic heterocycles. The first kappa shape index (κ1) is 23.9. The molecule has 3 aromatic rings. The number of guanidine groups is 1. The fourth-order valence-electron chi connectivity index (χ4n) is 3.53. The maximum absolute atomic E-state index is 10.8. The summed E-state index contributed by atoms with van der Waals surface area (Å²) < 4.78 is 5.31. The summed E-state index contributed by atoms with van der Waals surface area (Å²) in [5.74, 6) is 1.14. The van der Waals surface area contributed by atoms with Gasteiger partial charge in [0, 0.05) is 19.0 Å². The van der Waals surface area contributed by atoms with Crippen LogP contribution in [-0.2, 0) is 11.2 Å². The van der Waals surface area contributed by atoms with Gasteiger partial charge < -0.3 is 21.1 Å². The van der Waals surface area contributed by atoms with Crippen LogP contribution in [0.5, 0.6) is 5.75 Å². The molecule has 0 unspecified atom stereocenters. The zero-order chi connectivity index (χ0) is 23.3. The van der Waals surface area contributed by atoms with Crippen LogP contribution in [0, 0.1) is 0 Å². The summed E-state index contributed by atoms with van der Waals surface area (Å²) in [4.78, 5) is 15.7. The van der Waals surface area contributed by atoms with Crippen molar-refractivity contribution in [2.75, 3.05) is 26.2 Å². The second-order valence-electron chi connectivity index (χ2n) is 7.67. The van der Waals surface area contributed by atoms with Crippen molar-refractivity contribution in [3.63, 3.8) is 0 Å². The van der Waals surface area contributed by atoms with Crippen LogP contribution in [0.15, 0.2) is 89.9 Å². The highest BCUT2D eigenvalue weighted by Gasteiger charge is 2.13. The third-order valence-electron chi connectivity index (χ3n) is 5.19. The molecule has 172 valence electrons. The number of aliphatic imine (C=N–C) groups is 1. The van der Waals surface area contributed by atoms with Crippen molar-refractivity contribution in [3.05, 3.63) is 102 Å². The minimum absolute atomic E-state index is 0.115. The number of primary amides is 1. The van der Waals surface area contributed by atoms with Crippen LogP contribution in [0.25, 0.3) is 0 Å². The highest BCUT2D eigenvalue weighted by molar-refractivity contribution is 5.79. The molecule has 0 saturated heterocycles. The van der Waals surface area contributed by atoms with Gasteiger partial charge in [-0.05, 0) is 42.2 Å². The summed E-state index contributed by atoms with van der Waals surface area (Å²) >= 11 is 0. The lowest BCUT2D eigenvalue weighted by Gasteiger charge is -2.18. The van der Waals surface area contributed by atoms with Crippen LogP contribution in [-0.4, -0.2) is 38.1 Å². The number of amides is 1. The van der Waals surface area contributed by atoms with E-state index in [1.165, 1.54) is 11.1 Å². The summed E-state index contributed by atoms with van der Waals surface area (Å²) in [6, 6.07) is 28.7. The van der Waals surface area contributed by atoms with E-state index in [1.807, 2.05) is 36.4 Å². The lowest BCUT2D eigenvalue weighted by Crippen LogP contribution is -2.38. The molecule has 0 spiro atoms. The second-order valence-corrected chi connectivity index (χ2v) is 7.67. The lowest BCUT2D eigenvalue weighted by molar-refractivity contribution is -0.119. The van der Waals surface area contributed by atoms with Crippen molar-refractivity contribution in [2.45, 2.75) is 19.3 Å². The zero-order valence-electron chi connectivity index (χ0n) is 19.0. The Labute approximate surface area is 195 Å². The fraction of sp³-hybridized carbons (Fsp3) is 0.259. The quantitative estimate of drug-likeness (QED) is 0.312. The smallest absolute Gasteiger partial charge is 0.255 e. The minimum Gasteiger partial charge on any atom is -0.484 e. The lowest BCUT2D eigenvalue weighted by atomic mass is 9.91. The van der Waals surface area contributed by atoms with Crippen LogP contribution in [0.1, 0.15) is 29.5 Å². The Bertz CT molecular complexity index is 966. The second kappa shape index (κ2) is 12.9. The number of nitrogens with one attached hydrogen (secondary N) is 2. The third-order valence-corrected chi connectivity index (χ3v) is 5.19. The van der Waals surface area contributed by atoms with Gasteiger partial charge in [0.25, 0.3) is 5.91 Å². The molecule has 6 nitrogen and oxygen atoms in total. The Morgan fingerprint density at radius 3 is 2.06 bits per heavy atom. The molecule has 0 aliphatic carbocycles. The highest BCUT2D eigenvalue weighted by Crippen LogP contribution is 2.24. The van der Waals surface area contributed by atoms with Gasteiger partial charge in [0.2, 0.25) is 0 Å². The number of carbonyl (C=O) groups is 1. The van der Waals surface area contributed by atoms with E-state index in [0.29, 0.717) is 12.3 Å². The van der Waals surface area contributed by atoms with Crippen molar-refractivity contribution in [1.82, 2.24) is 10.6 Å². The van der Waals surface area contributed by atoms with Gasteiger partial charge in [-0.15, -0.1) is 0 Å². The maximum Gasteiger partial charge on any atom is 0.255 e. The predicted molar refractivity (Wildman–Crippen MR) is 134 cm³/mol. The topological polar surface area (TPSA) is 88.7 Å². The van der Waals surface area contributed by atoms with E-state index >= 15 is 0 Å². The number of carbonyl (C=O) groups excluding carboxylic acids is 1. The van der Waals surface area contributed by atoms with E-state index in [9.17, 15) is 4.79 Å². The SMILES string of the molecule is CCNC(=NCC(c1ccccc1)c1ccccc1)NCCc1ccc(OCC(N)=O)cc1. The van der Waals surface area contributed by atoms with Crippen LogP contribution in [0.4, 0.5) is 0 Å². The number of ether oxygens (including phenoxy) is 1. The molecule has 1 amide bonds. The molecule has 3 rings (SSSR count). The van der Waals surface area contributed by atoms with Gasteiger partial charge in [0.05, 0.1) is 6.54 Å². The number of nitrogens with zero attached hydrogens (tertiary/aromatic N) is 1. The maximum atomic E-state index is 10.8. The minimum atomic E-state index is -0.486. The van der Waals surface area contributed by atoms with E-state index in [1.54, 1.807) is 0 Å². The fourth-order valence-corrected chi connectivity index (χ4v) is 3.53. The van der Waals surface area contributed by atoms with Crippen molar-refractivity contribution >= 4 is 11.9 Å². The molecule has 0 radical (unpaired) electrons. The number of nitrogens with two attached hydrogens (primary N) is 1. The molecule has 33 heavy (non-hydrogen) atoms. The Balaban J connectivity index is 1.60. The first-order chi connectivity index (χ1) is 16.2. The Morgan fingerprint density at radius 2 is 1.52 bits per heavy atom. The molecule has 0 heterocycles. The number of hydrogen-bond acceptors (Lipinski definition) is 3. The van der Waals surface area contributed by atoms with Crippen molar-refractivity contribution < 1.29 is 9.53 Å². The van der Waals surface area contributed by atoms with Crippen LogP contribution >= 0.6 is 0 Å². The van der Waals surface area contributed by atoms with Crippen LogP contribution < -0.4 is 21.1 Å². The highest BCUT2D eigenvalue weighted by atomic mass is 16.5. The zero-order valence-corrected chi connectivity index (χ0v) is 19.0. The van der Waals surface area contributed by atoms with E-state index < -0.39 is 5.91 Å². The van der Waals surface area contributed by atoms with Gasteiger partial charge in [-0.2, -0.15) is 0 Å². The normalized spacial score (nSPS) is 11.3. The summed E-state index contributed by atoms with van der Waals surface area (Å²) in [7, 11) is 0. The molecule has 4 N–H and O–H groups in total. The Hall–Kier alpha value is -3.80. The summed E-state index contributed by atoms with van der Waals surface area (Å²) in [6.45, 7) is 4.13. The Kier molecular flexibility index (Phi) is 9.33. The average Bonchev–Trinajstić information content (AvgIpc) is 2.85. The molecule has 0 bridgehead atoms. The summed E-state index contributed by atoms with van der Waals surface area (Å²) in [5.41, 5.74) is 8.78.